The number of ether oxygens (including phenoxy) is 2. The van der Waals surface area contributed by atoms with Gasteiger partial charge in [-0.15, -0.1) is 0 Å². The number of aliphatic hydroxyl groups excluding tert-OH is 1. The molecule has 0 radical (unpaired) electrons. The lowest BCUT2D eigenvalue weighted by molar-refractivity contribution is -0.131. The first-order valence-electron chi connectivity index (χ1n) is 10.1. The van der Waals surface area contributed by atoms with Crippen LogP contribution in [0, 0.1) is 11.8 Å². The van der Waals surface area contributed by atoms with Crippen LogP contribution in [-0.2, 0) is 19.1 Å². The maximum Gasteiger partial charge on any atom is 0.331 e. The van der Waals surface area contributed by atoms with E-state index >= 15 is 0 Å². The molecule has 0 aromatic heterocycles. The van der Waals surface area contributed by atoms with E-state index in [1.807, 2.05) is 0 Å². The van der Waals surface area contributed by atoms with Gasteiger partial charge in [0.1, 0.15) is 11.7 Å². The third-order valence-electron chi connectivity index (χ3n) is 6.19. The number of carbonyl (C=O) groups excluding carboxylic acids is 3. The number of methoxy groups -OCH3 is 2. The van der Waals surface area contributed by atoms with Crippen molar-refractivity contribution in [1.29, 1.82) is 0 Å². The van der Waals surface area contributed by atoms with Gasteiger partial charge >= 0.3 is 6.03 Å². The molecule has 2 unspecified atom stereocenters. The Hall–Kier alpha value is -1.77. The smallest absolute Gasteiger partial charge is 0.331 e. The molecule has 0 bridgehead atoms. The van der Waals surface area contributed by atoms with Crippen molar-refractivity contribution in [3.05, 3.63) is 11.6 Å². The summed E-state index contributed by atoms with van der Waals surface area (Å²) in [6, 6.07) is -0.638. The van der Waals surface area contributed by atoms with E-state index in [1.54, 1.807) is 6.08 Å². The molecular formula is C20H30N2O6. The Morgan fingerprint density at radius 2 is 1.68 bits per heavy atom. The average Bonchev–Trinajstić information content (AvgIpc) is 2.70. The molecule has 2 N–H and O–H groups in total. The molecule has 28 heavy (non-hydrogen) atoms. The zero-order chi connectivity index (χ0) is 20.3. The number of barbiturate groups is 1. The standard InChI is InChI=1S/C20H30N2O6/c1-27-15-9-13(10-16(28-2)17(15)23)8-14-18(24)21-20(26)22(19(14)25)11-12-6-4-3-5-7-12/h8,12-13,15-17,23H,3-7,9-11H2,1-2H3,(H,21,24,26)/b14-8+. The van der Waals surface area contributed by atoms with Gasteiger partial charge in [0.15, 0.2) is 0 Å². The molecule has 2 aliphatic carbocycles. The van der Waals surface area contributed by atoms with Crippen LogP contribution in [0.15, 0.2) is 11.6 Å². The number of aliphatic hydroxyl groups is 1. The summed E-state index contributed by atoms with van der Waals surface area (Å²) in [5.41, 5.74) is -0.0125. The number of hydrogen-bond donors (Lipinski definition) is 2. The maximum absolute atomic E-state index is 12.9. The Bertz CT molecular complexity index is 629. The Kier molecular flexibility index (Phi) is 6.85. The van der Waals surface area contributed by atoms with E-state index in [4.69, 9.17) is 9.47 Å². The first kappa shape index (κ1) is 21.0. The molecule has 0 aromatic rings. The lowest BCUT2D eigenvalue weighted by Gasteiger charge is -2.37. The Balaban J connectivity index is 1.76. The van der Waals surface area contributed by atoms with Crippen molar-refractivity contribution in [1.82, 2.24) is 10.2 Å². The van der Waals surface area contributed by atoms with Crippen molar-refractivity contribution in [2.24, 2.45) is 11.8 Å². The number of nitrogens with one attached hydrogen (secondary N) is 1. The Morgan fingerprint density at radius 1 is 1.07 bits per heavy atom. The van der Waals surface area contributed by atoms with Gasteiger partial charge in [0.2, 0.25) is 0 Å². The number of rotatable bonds is 5. The number of hydrogen-bond acceptors (Lipinski definition) is 6. The molecule has 8 nitrogen and oxygen atoms in total. The van der Waals surface area contributed by atoms with Crippen LogP contribution in [0.5, 0.6) is 0 Å². The van der Waals surface area contributed by atoms with Crippen molar-refractivity contribution in [3.8, 4) is 0 Å². The predicted molar refractivity (Wildman–Crippen MR) is 100 cm³/mol. The number of carbonyl (C=O) groups is 3. The van der Waals surface area contributed by atoms with Crippen LogP contribution < -0.4 is 5.32 Å². The Morgan fingerprint density at radius 3 is 2.25 bits per heavy atom. The predicted octanol–water partition coefficient (Wildman–Crippen LogP) is 1.37. The molecule has 3 rings (SSSR count). The lowest BCUT2D eigenvalue weighted by Crippen LogP contribution is -2.55. The normalized spacial score (nSPS) is 34.0. The fraction of sp³-hybridized carbons (Fsp3) is 0.750. The van der Waals surface area contributed by atoms with Gasteiger partial charge in [-0.25, -0.2) is 4.79 Å². The third-order valence-corrected chi connectivity index (χ3v) is 6.19. The minimum absolute atomic E-state index is 0.0125. The molecule has 2 saturated carbocycles. The summed E-state index contributed by atoms with van der Waals surface area (Å²) in [6.45, 7) is 0.347. The molecule has 0 spiro atoms. The van der Waals surface area contributed by atoms with Crippen LogP contribution >= 0.6 is 0 Å². The summed E-state index contributed by atoms with van der Waals surface area (Å²) in [5, 5.41) is 12.5. The second kappa shape index (κ2) is 9.15. The quantitative estimate of drug-likeness (QED) is 0.539. The first-order chi connectivity index (χ1) is 13.4. The van der Waals surface area contributed by atoms with Gasteiger partial charge in [-0.05, 0) is 37.5 Å². The molecule has 1 aliphatic heterocycles. The number of urea groups is 1. The second-order valence-corrected chi connectivity index (χ2v) is 8.03. The van der Waals surface area contributed by atoms with Gasteiger partial charge in [0.05, 0.1) is 12.2 Å². The van der Waals surface area contributed by atoms with E-state index < -0.39 is 36.2 Å². The Labute approximate surface area is 165 Å². The van der Waals surface area contributed by atoms with E-state index in [0.29, 0.717) is 25.3 Å². The highest BCUT2D eigenvalue weighted by atomic mass is 16.5. The summed E-state index contributed by atoms with van der Waals surface area (Å²) in [7, 11) is 3.03. The van der Waals surface area contributed by atoms with Gasteiger partial charge in [0, 0.05) is 20.8 Å². The van der Waals surface area contributed by atoms with Crippen molar-refractivity contribution in [3.63, 3.8) is 0 Å². The number of amides is 4. The molecular weight excluding hydrogens is 364 g/mol. The number of imide groups is 2. The monoisotopic (exact) mass is 394 g/mol. The van der Waals surface area contributed by atoms with Crippen molar-refractivity contribution in [2.75, 3.05) is 20.8 Å². The SMILES string of the molecule is COC1CC(/C=C2\C(=O)NC(=O)N(CC3CCCCC3)C2=O)CC(OC)C1O. The van der Waals surface area contributed by atoms with Crippen LogP contribution in [0.4, 0.5) is 4.79 Å². The highest BCUT2D eigenvalue weighted by molar-refractivity contribution is 6.28. The van der Waals surface area contributed by atoms with E-state index in [1.165, 1.54) is 25.5 Å². The van der Waals surface area contributed by atoms with Crippen LogP contribution in [-0.4, -0.2) is 66.9 Å². The average molecular weight is 394 g/mol. The molecule has 3 fully saturated rings. The molecule has 3 aliphatic rings. The molecule has 1 heterocycles. The zero-order valence-electron chi connectivity index (χ0n) is 16.6. The fourth-order valence-corrected chi connectivity index (χ4v) is 4.56. The van der Waals surface area contributed by atoms with E-state index in [9.17, 15) is 19.5 Å². The maximum atomic E-state index is 12.9. The van der Waals surface area contributed by atoms with Gasteiger partial charge < -0.3 is 14.6 Å². The molecule has 1 saturated heterocycles. The first-order valence-corrected chi connectivity index (χ1v) is 10.1. The topological polar surface area (TPSA) is 105 Å². The molecule has 4 amide bonds. The van der Waals surface area contributed by atoms with E-state index in [0.717, 1.165) is 25.7 Å². The van der Waals surface area contributed by atoms with Crippen molar-refractivity contribution < 1.29 is 29.0 Å². The van der Waals surface area contributed by atoms with Crippen LogP contribution in [0.2, 0.25) is 0 Å². The highest BCUT2D eigenvalue weighted by Crippen LogP contribution is 2.31. The van der Waals surface area contributed by atoms with Crippen molar-refractivity contribution in [2.45, 2.75) is 63.3 Å². The second-order valence-electron chi connectivity index (χ2n) is 8.03. The molecule has 2 atom stereocenters. The minimum atomic E-state index is -0.759. The third kappa shape index (κ3) is 4.45. The van der Waals surface area contributed by atoms with Crippen LogP contribution in [0.3, 0.4) is 0 Å². The number of allylic oxidation sites excluding steroid dienone is 1. The molecule has 8 heteroatoms. The fourth-order valence-electron chi connectivity index (χ4n) is 4.56. The summed E-state index contributed by atoms with van der Waals surface area (Å²) in [4.78, 5) is 38.7. The van der Waals surface area contributed by atoms with Crippen LogP contribution in [0.1, 0.15) is 44.9 Å². The van der Waals surface area contributed by atoms with Crippen molar-refractivity contribution >= 4 is 17.8 Å². The lowest BCUT2D eigenvalue weighted by atomic mass is 9.81. The summed E-state index contributed by atoms with van der Waals surface area (Å²) in [6.07, 6.45) is 6.31. The summed E-state index contributed by atoms with van der Waals surface area (Å²) < 4.78 is 10.7. The van der Waals surface area contributed by atoms with Gasteiger partial charge in [-0.3, -0.25) is 19.8 Å². The van der Waals surface area contributed by atoms with Crippen LogP contribution in [0.25, 0.3) is 0 Å². The van der Waals surface area contributed by atoms with Gasteiger partial charge in [-0.2, -0.15) is 0 Å². The van der Waals surface area contributed by atoms with E-state index in [2.05, 4.69) is 5.32 Å². The highest BCUT2D eigenvalue weighted by Gasteiger charge is 2.40. The number of nitrogens with zero attached hydrogens (tertiary/aromatic N) is 1. The zero-order valence-corrected chi connectivity index (χ0v) is 16.6. The minimum Gasteiger partial charge on any atom is -0.388 e. The molecule has 0 aromatic carbocycles. The molecule has 156 valence electrons. The summed E-state index contributed by atoms with van der Waals surface area (Å²) in [5.74, 6) is -1.08. The summed E-state index contributed by atoms with van der Waals surface area (Å²) >= 11 is 0. The van der Waals surface area contributed by atoms with Gasteiger partial charge in [-0.1, -0.05) is 25.3 Å². The van der Waals surface area contributed by atoms with Gasteiger partial charge in [0.25, 0.3) is 11.8 Å². The van der Waals surface area contributed by atoms with E-state index in [-0.39, 0.29) is 11.5 Å². The largest absolute Gasteiger partial charge is 0.388 e.